The fourth-order valence-corrected chi connectivity index (χ4v) is 4.08. The van der Waals surface area contributed by atoms with Gasteiger partial charge >= 0.3 is 5.97 Å². The van der Waals surface area contributed by atoms with E-state index in [9.17, 15) is 9.59 Å². The maximum Gasteiger partial charge on any atom is 0.337 e. The minimum absolute atomic E-state index is 0.281. The highest BCUT2D eigenvalue weighted by Gasteiger charge is 2.15. The first-order valence-electron chi connectivity index (χ1n) is 9.54. The molecule has 162 valence electrons. The van der Waals surface area contributed by atoms with E-state index in [0.717, 1.165) is 5.56 Å². The molecule has 0 aliphatic rings. The van der Waals surface area contributed by atoms with Crippen LogP contribution in [0.3, 0.4) is 0 Å². The van der Waals surface area contributed by atoms with Crippen LogP contribution in [0.1, 0.15) is 16.2 Å². The Kier molecular flexibility index (Phi) is 6.38. The molecule has 0 saturated carbocycles. The van der Waals surface area contributed by atoms with Gasteiger partial charge in [0.2, 0.25) is 0 Å². The summed E-state index contributed by atoms with van der Waals surface area (Å²) in [5, 5.41) is 10.3. The second-order valence-corrected chi connectivity index (χ2v) is 8.12. The molecule has 1 N–H and O–H groups in total. The highest BCUT2D eigenvalue weighted by molar-refractivity contribution is 7.98. The standard InChI is InChI=1S/C22H18ClN5O3S/c1-3-10-28-19(13-4-7-15(23)8-5-13)26-27-22(28)32-12-18-24-17-11-14(21(30)31-2)6-9-16(17)20(29)25-18/h3-9,11H,1,10,12H2,2H3,(H,24,25,29). The molecule has 2 aromatic heterocycles. The predicted molar refractivity (Wildman–Crippen MR) is 124 cm³/mol. The number of benzene rings is 2. The number of aromatic amines is 1. The molecule has 0 amide bonds. The van der Waals surface area contributed by atoms with Crippen molar-refractivity contribution in [1.29, 1.82) is 0 Å². The fourth-order valence-electron chi connectivity index (χ4n) is 3.14. The lowest BCUT2D eigenvalue weighted by atomic mass is 10.1. The number of nitrogens with zero attached hydrogens (tertiary/aromatic N) is 4. The largest absolute Gasteiger partial charge is 0.465 e. The third-order valence-electron chi connectivity index (χ3n) is 4.65. The zero-order valence-electron chi connectivity index (χ0n) is 17.0. The molecule has 10 heteroatoms. The number of carbonyl (C=O) groups excluding carboxylic acids is 1. The Morgan fingerprint density at radius 3 is 2.75 bits per heavy atom. The Hall–Kier alpha value is -3.43. The molecule has 0 atom stereocenters. The summed E-state index contributed by atoms with van der Waals surface area (Å²) in [7, 11) is 1.30. The topological polar surface area (TPSA) is 103 Å². The average Bonchev–Trinajstić information content (AvgIpc) is 3.20. The number of ether oxygens (including phenoxy) is 1. The van der Waals surface area contributed by atoms with Crippen molar-refractivity contribution in [2.45, 2.75) is 17.5 Å². The molecule has 0 saturated heterocycles. The normalized spacial score (nSPS) is 10.9. The van der Waals surface area contributed by atoms with Gasteiger partial charge in [0.15, 0.2) is 11.0 Å². The Morgan fingerprint density at radius 2 is 2.03 bits per heavy atom. The van der Waals surface area contributed by atoms with Crippen LogP contribution >= 0.6 is 23.4 Å². The van der Waals surface area contributed by atoms with Crippen LogP contribution in [0, 0.1) is 0 Å². The van der Waals surface area contributed by atoms with E-state index in [0.29, 0.717) is 50.6 Å². The lowest BCUT2D eigenvalue weighted by molar-refractivity contribution is 0.0601. The molecule has 0 bridgehead atoms. The minimum atomic E-state index is -0.489. The molecule has 4 rings (SSSR count). The molecule has 0 unspecified atom stereocenters. The molecule has 4 aromatic rings. The molecule has 2 aromatic carbocycles. The molecule has 0 spiro atoms. The molecule has 0 aliphatic carbocycles. The number of rotatable bonds is 7. The Morgan fingerprint density at radius 1 is 1.25 bits per heavy atom. The first-order valence-corrected chi connectivity index (χ1v) is 10.9. The first-order chi connectivity index (χ1) is 15.5. The summed E-state index contributed by atoms with van der Waals surface area (Å²) in [5.41, 5.74) is 1.34. The Labute approximate surface area is 192 Å². The molecule has 32 heavy (non-hydrogen) atoms. The molecular weight excluding hydrogens is 450 g/mol. The maximum atomic E-state index is 12.5. The van der Waals surface area contributed by atoms with Gasteiger partial charge in [0.05, 0.1) is 29.3 Å². The maximum absolute atomic E-state index is 12.5. The van der Waals surface area contributed by atoms with Gasteiger partial charge in [-0.25, -0.2) is 9.78 Å². The quantitative estimate of drug-likeness (QED) is 0.248. The number of H-pyrrole nitrogens is 1. The van der Waals surface area contributed by atoms with E-state index < -0.39 is 5.97 Å². The number of halogens is 1. The van der Waals surface area contributed by atoms with Crippen molar-refractivity contribution in [3.63, 3.8) is 0 Å². The summed E-state index contributed by atoms with van der Waals surface area (Å²) in [6.07, 6.45) is 1.76. The fraction of sp³-hybridized carbons (Fsp3) is 0.136. The van der Waals surface area contributed by atoms with Crippen LogP contribution in [0.5, 0.6) is 0 Å². The van der Waals surface area contributed by atoms with E-state index >= 15 is 0 Å². The minimum Gasteiger partial charge on any atom is -0.465 e. The zero-order valence-corrected chi connectivity index (χ0v) is 18.6. The number of thioether (sulfide) groups is 1. The summed E-state index contributed by atoms with van der Waals surface area (Å²) in [6, 6.07) is 12.0. The number of hydrogen-bond acceptors (Lipinski definition) is 7. The van der Waals surface area contributed by atoms with Crippen molar-refractivity contribution in [1.82, 2.24) is 24.7 Å². The van der Waals surface area contributed by atoms with Crippen molar-refractivity contribution in [3.05, 3.63) is 81.9 Å². The number of carbonyl (C=O) groups is 1. The van der Waals surface area contributed by atoms with Gasteiger partial charge in [-0.05, 0) is 42.5 Å². The van der Waals surface area contributed by atoms with Crippen LogP contribution in [0.4, 0.5) is 0 Å². The molecule has 8 nitrogen and oxygen atoms in total. The van der Waals surface area contributed by atoms with Crippen LogP contribution in [0.15, 0.2) is 65.1 Å². The Bertz CT molecular complexity index is 1360. The van der Waals surface area contributed by atoms with Crippen LogP contribution < -0.4 is 5.56 Å². The first kappa shape index (κ1) is 21.8. The second-order valence-electron chi connectivity index (χ2n) is 6.74. The highest BCUT2D eigenvalue weighted by atomic mass is 35.5. The number of esters is 1. The number of nitrogens with one attached hydrogen (secondary N) is 1. The number of hydrogen-bond donors (Lipinski definition) is 1. The van der Waals surface area contributed by atoms with Crippen LogP contribution in [-0.2, 0) is 17.0 Å². The molecule has 0 radical (unpaired) electrons. The van der Waals surface area contributed by atoms with Gasteiger partial charge in [-0.1, -0.05) is 29.4 Å². The second kappa shape index (κ2) is 9.37. The summed E-state index contributed by atoms with van der Waals surface area (Å²) in [6.45, 7) is 4.33. The van der Waals surface area contributed by atoms with Gasteiger partial charge in [-0.2, -0.15) is 0 Å². The lowest BCUT2D eigenvalue weighted by Crippen LogP contribution is -2.12. The summed E-state index contributed by atoms with van der Waals surface area (Å²) >= 11 is 7.37. The van der Waals surface area contributed by atoms with E-state index in [1.54, 1.807) is 30.3 Å². The van der Waals surface area contributed by atoms with Gasteiger partial charge in [0.25, 0.3) is 5.56 Å². The van der Waals surface area contributed by atoms with E-state index in [2.05, 4.69) is 26.7 Å². The zero-order chi connectivity index (χ0) is 22.7. The van der Waals surface area contributed by atoms with Gasteiger partial charge in [-0.15, -0.1) is 16.8 Å². The number of methoxy groups -OCH3 is 1. The number of fused-ring (bicyclic) bond motifs is 1. The predicted octanol–water partition coefficient (Wildman–Crippen LogP) is 4.10. The summed E-state index contributed by atoms with van der Waals surface area (Å²) < 4.78 is 6.67. The van der Waals surface area contributed by atoms with E-state index in [4.69, 9.17) is 16.3 Å². The summed E-state index contributed by atoms with van der Waals surface area (Å²) in [4.78, 5) is 31.6. The molecule has 0 aliphatic heterocycles. The molecule has 0 fully saturated rings. The summed E-state index contributed by atoms with van der Waals surface area (Å²) in [5.74, 6) is 1.00. The van der Waals surface area contributed by atoms with Crippen molar-refractivity contribution < 1.29 is 9.53 Å². The molecule has 2 heterocycles. The van der Waals surface area contributed by atoms with E-state index in [1.165, 1.54) is 24.9 Å². The van der Waals surface area contributed by atoms with E-state index in [1.807, 2.05) is 16.7 Å². The highest BCUT2D eigenvalue weighted by Crippen LogP contribution is 2.27. The van der Waals surface area contributed by atoms with Gasteiger partial charge in [-0.3, -0.25) is 9.36 Å². The van der Waals surface area contributed by atoms with Crippen molar-refractivity contribution >= 4 is 40.2 Å². The van der Waals surface area contributed by atoms with Gasteiger partial charge in [0, 0.05) is 17.1 Å². The smallest absolute Gasteiger partial charge is 0.337 e. The third-order valence-corrected chi connectivity index (χ3v) is 5.88. The van der Waals surface area contributed by atoms with Crippen molar-refractivity contribution in [2.75, 3.05) is 7.11 Å². The third kappa shape index (κ3) is 4.44. The molecular formula is C22H18ClN5O3S. The van der Waals surface area contributed by atoms with Crippen molar-refractivity contribution in [3.8, 4) is 11.4 Å². The van der Waals surface area contributed by atoms with Crippen molar-refractivity contribution in [2.24, 2.45) is 0 Å². The van der Waals surface area contributed by atoms with Gasteiger partial charge in [0.1, 0.15) is 5.82 Å². The van der Waals surface area contributed by atoms with E-state index in [-0.39, 0.29) is 5.56 Å². The monoisotopic (exact) mass is 467 g/mol. The van der Waals surface area contributed by atoms with Crippen LogP contribution in [-0.4, -0.2) is 37.8 Å². The van der Waals surface area contributed by atoms with Crippen LogP contribution in [0.25, 0.3) is 22.3 Å². The Balaban J connectivity index is 1.63. The van der Waals surface area contributed by atoms with Gasteiger partial charge < -0.3 is 9.72 Å². The number of allylic oxidation sites excluding steroid dienone is 1. The lowest BCUT2D eigenvalue weighted by Gasteiger charge is -2.08. The van der Waals surface area contributed by atoms with Crippen LogP contribution in [0.2, 0.25) is 5.02 Å². The SMILES string of the molecule is C=CCn1c(SCc2nc3cc(C(=O)OC)ccc3c(=O)[nH]2)nnc1-c1ccc(Cl)cc1. The average molecular weight is 468 g/mol. The number of aromatic nitrogens is 5.